The first kappa shape index (κ1) is 26.9. The zero-order valence-corrected chi connectivity index (χ0v) is 22.2. The average molecular weight is 555 g/mol. The quantitative estimate of drug-likeness (QED) is 0.207. The maximum atomic E-state index is 13.8. The van der Waals surface area contributed by atoms with E-state index in [9.17, 15) is 29.4 Å². The van der Waals surface area contributed by atoms with Crippen LogP contribution in [0.5, 0.6) is 0 Å². The molecule has 39 heavy (non-hydrogen) atoms. The summed E-state index contributed by atoms with van der Waals surface area (Å²) in [5.74, 6) is -4.69. The van der Waals surface area contributed by atoms with Gasteiger partial charge in [-0.15, -0.1) is 0 Å². The van der Waals surface area contributed by atoms with E-state index >= 15 is 0 Å². The normalized spacial score (nSPS) is 49.2. The first-order valence-electron chi connectivity index (χ1n) is 13.5. The van der Waals surface area contributed by atoms with Crippen molar-refractivity contribution in [3.05, 3.63) is 0 Å². The fourth-order valence-corrected chi connectivity index (χ4v) is 9.08. The predicted octanol–water partition coefficient (Wildman–Crippen LogP) is -0.765. The molecule has 0 bridgehead atoms. The Morgan fingerprint density at radius 3 is 2.59 bits per heavy atom. The van der Waals surface area contributed by atoms with E-state index in [4.69, 9.17) is 28.4 Å². The van der Waals surface area contributed by atoms with E-state index in [-0.39, 0.29) is 32.2 Å². The van der Waals surface area contributed by atoms with Crippen LogP contribution in [0.3, 0.4) is 0 Å². The highest BCUT2D eigenvalue weighted by Crippen LogP contribution is 2.84. The van der Waals surface area contributed by atoms with Crippen molar-refractivity contribution in [1.82, 2.24) is 0 Å². The number of rotatable bonds is 9. The van der Waals surface area contributed by atoms with Gasteiger partial charge >= 0.3 is 23.9 Å². The van der Waals surface area contributed by atoms with Gasteiger partial charge in [-0.25, -0.2) is 14.4 Å². The summed E-state index contributed by atoms with van der Waals surface area (Å²) in [4.78, 5) is 51.2. The molecule has 13 nitrogen and oxygen atoms in total. The van der Waals surface area contributed by atoms with Crippen molar-refractivity contribution >= 4 is 23.9 Å². The second kappa shape index (κ2) is 8.59. The van der Waals surface area contributed by atoms with Gasteiger partial charge in [-0.05, 0) is 25.2 Å². The van der Waals surface area contributed by atoms with Crippen LogP contribution in [-0.4, -0.2) is 103 Å². The van der Waals surface area contributed by atoms with E-state index in [0.717, 1.165) is 12.8 Å². The summed E-state index contributed by atoms with van der Waals surface area (Å²) in [6.07, 6.45) is -4.87. The second-order valence-corrected chi connectivity index (χ2v) is 11.6. The van der Waals surface area contributed by atoms with Gasteiger partial charge < -0.3 is 43.4 Å². The number of hydrogen-bond acceptors (Lipinski definition) is 13. The molecular weight excluding hydrogens is 520 g/mol. The Kier molecular flexibility index (Phi) is 5.92. The molecule has 4 aliphatic heterocycles. The van der Waals surface area contributed by atoms with Crippen LogP contribution < -0.4 is 0 Å². The Labute approximate surface area is 224 Å². The predicted molar refractivity (Wildman–Crippen MR) is 123 cm³/mol. The van der Waals surface area contributed by atoms with Crippen LogP contribution in [0.4, 0.5) is 0 Å². The summed E-state index contributed by atoms with van der Waals surface area (Å²) < 4.78 is 39.4. The van der Waals surface area contributed by atoms with Crippen molar-refractivity contribution in [2.75, 3.05) is 26.9 Å². The molecule has 2 aliphatic carbocycles. The number of aliphatic hydroxyl groups is 2. The summed E-state index contributed by atoms with van der Waals surface area (Å²) in [6, 6.07) is 0. The van der Waals surface area contributed by atoms with E-state index in [2.05, 4.69) is 4.74 Å². The maximum Gasteiger partial charge on any atom is 0.343 e. The molecule has 0 aromatic rings. The highest BCUT2D eigenvalue weighted by Gasteiger charge is 3.03. The van der Waals surface area contributed by atoms with Crippen molar-refractivity contribution in [3.8, 4) is 0 Å². The van der Waals surface area contributed by atoms with Crippen molar-refractivity contribution in [1.29, 1.82) is 0 Å². The molecule has 2 saturated carbocycles. The van der Waals surface area contributed by atoms with Crippen LogP contribution in [0.2, 0.25) is 0 Å². The standard InChI is InChI=1S/C26H34O13/c1-5-6-11(2)13-9-14-24-16(28)17-25(32,12(3)19(29)37-17)26(24,21(31)36-14)39-22-23(13,24)18(20(30)38-22)35-8-7-34-10-15(27)33-4/h11-14,16-18,22,28,32H,5-10H2,1-4H3/t11?,12?,13-,14?,16-,17-,18-,22-,23?,24-,25+,26+/m0/s1. The molecule has 12 atom stereocenters. The molecule has 0 aromatic heterocycles. The molecule has 6 fully saturated rings. The molecule has 216 valence electrons. The van der Waals surface area contributed by atoms with Gasteiger partial charge in [0.1, 0.15) is 18.8 Å². The van der Waals surface area contributed by atoms with E-state index in [1.165, 1.54) is 14.0 Å². The fraction of sp³-hybridized carbons (Fsp3) is 0.846. The second-order valence-electron chi connectivity index (χ2n) is 11.6. The monoisotopic (exact) mass is 554 g/mol. The van der Waals surface area contributed by atoms with Gasteiger partial charge in [0.15, 0.2) is 17.8 Å². The van der Waals surface area contributed by atoms with Crippen LogP contribution in [-0.2, 0) is 52.3 Å². The molecule has 4 unspecified atom stereocenters. The minimum atomic E-state index is -2.27. The van der Waals surface area contributed by atoms with Crippen LogP contribution in [0.1, 0.15) is 40.0 Å². The Bertz CT molecular complexity index is 1110. The van der Waals surface area contributed by atoms with Crippen LogP contribution >= 0.6 is 0 Å². The van der Waals surface area contributed by atoms with E-state index in [1.54, 1.807) is 0 Å². The van der Waals surface area contributed by atoms with Gasteiger partial charge in [-0.3, -0.25) is 4.79 Å². The van der Waals surface area contributed by atoms with E-state index < -0.39 is 88.5 Å². The molecule has 4 heterocycles. The lowest BCUT2D eigenvalue weighted by atomic mass is 9.52. The van der Waals surface area contributed by atoms with Gasteiger partial charge in [0.25, 0.3) is 0 Å². The molecule has 2 spiro atoms. The van der Waals surface area contributed by atoms with Crippen molar-refractivity contribution < 1.29 is 62.5 Å². The number of methoxy groups -OCH3 is 1. The number of aliphatic hydroxyl groups excluding tert-OH is 1. The third-order valence-electron chi connectivity index (χ3n) is 10.4. The highest BCUT2D eigenvalue weighted by atomic mass is 16.8. The number of carbonyl (C=O) groups is 4. The van der Waals surface area contributed by atoms with Crippen molar-refractivity contribution in [3.63, 3.8) is 0 Å². The molecule has 13 heteroatoms. The zero-order chi connectivity index (χ0) is 28.1. The first-order chi connectivity index (χ1) is 18.5. The molecule has 0 radical (unpaired) electrons. The molecule has 6 rings (SSSR count). The highest BCUT2D eigenvalue weighted by molar-refractivity contribution is 5.94. The van der Waals surface area contributed by atoms with Gasteiger partial charge in [0.2, 0.25) is 11.9 Å². The van der Waals surface area contributed by atoms with Gasteiger partial charge in [0, 0.05) is 0 Å². The topological polar surface area (TPSA) is 173 Å². The first-order valence-corrected chi connectivity index (χ1v) is 13.5. The maximum absolute atomic E-state index is 13.8. The summed E-state index contributed by atoms with van der Waals surface area (Å²) in [5.41, 5.74) is -7.65. The number of carbonyl (C=O) groups excluding carboxylic acids is 4. The van der Waals surface area contributed by atoms with Gasteiger partial charge in [0.05, 0.1) is 37.1 Å². The lowest BCUT2D eigenvalue weighted by Gasteiger charge is -2.46. The largest absolute Gasteiger partial charge is 0.467 e. The van der Waals surface area contributed by atoms with Gasteiger partial charge in [-0.1, -0.05) is 26.7 Å². The Balaban J connectivity index is 1.47. The Morgan fingerprint density at radius 2 is 1.90 bits per heavy atom. The fourth-order valence-electron chi connectivity index (χ4n) is 9.08. The molecule has 4 saturated heterocycles. The molecule has 0 aromatic carbocycles. The molecular formula is C26H34O13. The van der Waals surface area contributed by atoms with E-state index in [0.29, 0.717) is 0 Å². The van der Waals surface area contributed by atoms with Crippen LogP contribution in [0.15, 0.2) is 0 Å². The SMILES string of the molecule is CCCC(C)[C@@H]1CC2OC(=O)[C@@]34O[C@@H]5OC(=O)[C@H](OCCOCC(=O)OC)C51[C@@]23[C@@H](O)[C@@H]1OC(=O)C(C)[C@@]14O. The third-order valence-corrected chi connectivity index (χ3v) is 10.4. The minimum absolute atomic E-state index is 0.0472. The van der Waals surface area contributed by atoms with Crippen molar-refractivity contribution in [2.24, 2.45) is 28.6 Å². The van der Waals surface area contributed by atoms with Crippen molar-refractivity contribution in [2.45, 2.75) is 81.9 Å². The summed E-state index contributed by atoms with van der Waals surface area (Å²) >= 11 is 0. The lowest BCUT2D eigenvalue weighted by molar-refractivity contribution is -0.239. The minimum Gasteiger partial charge on any atom is -0.467 e. The summed E-state index contributed by atoms with van der Waals surface area (Å²) in [5, 5.41) is 24.2. The van der Waals surface area contributed by atoms with Gasteiger partial charge in [-0.2, -0.15) is 0 Å². The average Bonchev–Trinajstić information content (AvgIpc) is 3.61. The number of ether oxygens (including phenoxy) is 7. The summed E-state index contributed by atoms with van der Waals surface area (Å²) in [6.45, 7) is 4.96. The summed E-state index contributed by atoms with van der Waals surface area (Å²) in [7, 11) is 1.23. The van der Waals surface area contributed by atoms with E-state index in [1.807, 2.05) is 13.8 Å². The Hall–Kier alpha value is -2.32. The van der Waals surface area contributed by atoms with Crippen LogP contribution in [0, 0.1) is 28.6 Å². The number of hydrogen-bond donors (Lipinski definition) is 2. The molecule has 2 N–H and O–H groups in total. The Morgan fingerprint density at radius 1 is 1.15 bits per heavy atom. The number of esters is 4. The lowest BCUT2D eigenvalue weighted by Crippen LogP contribution is -2.67. The van der Waals surface area contributed by atoms with Crippen LogP contribution in [0.25, 0.3) is 0 Å². The molecule has 6 aliphatic rings. The third kappa shape index (κ3) is 2.69. The smallest absolute Gasteiger partial charge is 0.343 e. The zero-order valence-electron chi connectivity index (χ0n) is 22.2. The number of fused-ring (bicyclic) bond motifs is 1. The molecule has 0 amide bonds.